The molecule has 0 spiro atoms. The summed E-state index contributed by atoms with van der Waals surface area (Å²) in [6, 6.07) is 8.21. The van der Waals surface area contributed by atoms with Crippen molar-refractivity contribution in [3.63, 3.8) is 0 Å². The molecule has 2 atom stereocenters. The van der Waals surface area contributed by atoms with Crippen molar-refractivity contribution in [1.82, 2.24) is 15.5 Å². The van der Waals surface area contributed by atoms with Crippen LogP contribution >= 0.6 is 0 Å². The van der Waals surface area contributed by atoms with Gasteiger partial charge in [0.15, 0.2) is 17.5 Å². The van der Waals surface area contributed by atoms with Gasteiger partial charge in [-0.25, -0.2) is 4.99 Å². The third kappa shape index (κ3) is 7.20. The Morgan fingerprint density at radius 2 is 2.04 bits per heavy atom. The number of benzene rings is 1. The molecule has 28 heavy (non-hydrogen) atoms. The van der Waals surface area contributed by atoms with Crippen LogP contribution in [0.5, 0.6) is 11.5 Å². The van der Waals surface area contributed by atoms with Crippen LogP contribution in [0.25, 0.3) is 0 Å². The van der Waals surface area contributed by atoms with Gasteiger partial charge in [0.05, 0.1) is 20.3 Å². The van der Waals surface area contributed by atoms with E-state index in [-0.39, 0.29) is 6.10 Å². The first-order valence-electron chi connectivity index (χ1n) is 10.2. The van der Waals surface area contributed by atoms with Crippen molar-refractivity contribution in [1.29, 1.82) is 0 Å². The Bertz CT molecular complexity index is 597. The molecule has 2 rings (SSSR count). The van der Waals surface area contributed by atoms with Crippen LogP contribution in [-0.2, 0) is 4.74 Å². The number of hydrogen-bond donors (Lipinski definition) is 2. The van der Waals surface area contributed by atoms with Crippen LogP contribution in [0.3, 0.4) is 0 Å². The number of methoxy groups -OCH3 is 2. The Kier molecular flexibility index (Phi) is 9.93. The Hall–Kier alpha value is -1.99. The average Bonchev–Trinajstić information content (AvgIpc) is 3.16. The molecule has 2 N–H and O–H groups in total. The highest BCUT2D eigenvalue weighted by Crippen LogP contribution is 2.26. The highest BCUT2D eigenvalue weighted by Gasteiger charge is 2.24. The third-order valence-corrected chi connectivity index (χ3v) is 4.83. The van der Waals surface area contributed by atoms with E-state index in [2.05, 4.69) is 22.5 Å². The minimum absolute atomic E-state index is 0.0589. The highest BCUT2D eigenvalue weighted by atomic mass is 16.5. The second-order valence-electron chi connectivity index (χ2n) is 7.00. The van der Waals surface area contributed by atoms with E-state index in [1.54, 1.807) is 14.2 Å². The molecule has 158 valence electrons. The fourth-order valence-corrected chi connectivity index (χ4v) is 3.38. The van der Waals surface area contributed by atoms with Crippen LogP contribution in [0, 0.1) is 0 Å². The van der Waals surface area contributed by atoms with E-state index < -0.39 is 0 Å². The van der Waals surface area contributed by atoms with Crippen molar-refractivity contribution in [2.45, 2.75) is 38.8 Å². The first-order valence-corrected chi connectivity index (χ1v) is 10.2. The fraction of sp³-hybridized carbons (Fsp3) is 0.667. The minimum Gasteiger partial charge on any atom is -0.493 e. The van der Waals surface area contributed by atoms with Gasteiger partial charge in [-0.15, -0.1) is 0 Å². The van der Waals surface area contributed by atoms with E-state index in [4.69, 9.17) is 19.2 Å². The number of aliphatic imine (C=N–C) groups is 1. The lowest BCUT2D eigenvalue weighted by Crippen LogP contribution is -2.45. The summed E-state index contributed by atoms with van der Waals surface area (Å²) >= 11 is 0. The molecule has 1 aromatic carbocycles. The summed E-state index contributed by atoms with van der Waals surface area (Å²) in [5, 5.41) is 6.81. The van der Waals surface area contributed by atoms with Gasteiger partial charge in [0.25, 0.3) is 0 Å². The number of nitrogens with zero attached hydrogens (tertiary/aromatic N) is 2. The summed E-state index contributed by atoms with van der Waals surface area (Å²) in [6.07, 6.45) is 2.40. The fourth-order valence-electron chi connectivity index (χ4n) is 3.38. The van der Waals surface area contributed by atoms with E-state index in [0.717, 1.165) is 50.2 Å². The molecule has 0 saturated carbocycles. The number of nitrogens with one attached hydrogen (secondary N) is 2. The Morgan fingerprint density at radius 3 is 2.75 bits per heavy atom. The standard InChI is InChI=1S/C21H36N4O3/c1-5-22-21(24-16-18-9-8-12-25(18)13-14-26-3)23-15-17(2)28-20-11-7-6-10-19(20)27-4/h6-7,10-11,17-18H,5,8-9,12-16H2,1-4H3,(H2,22,23,24). The zero-order valence-electron chi connectivity index (χ0n) is 17.7. The van der Waals surface area contributed by atoms with Gasteiger partial charge in [-0.1, -0.05) is 12.1 Å². The molecule has 0 radical (unpaired) electrons. The second kappa shape index (κ2) is 12.5. The van der Waals surface area contributed by atoms with Crippen LogP contribution < -0.4 is 20.1 Å². The molecule has 1 saturated heterocycles. The quantitative estimate of drug-likeness (QED) is 0.444. The van der Waals surface area contributed by atoms with Gasteiger partial charge >= 0.3 is 0 Å². The Morgan fingerprint density at radius 1 is 1.25 bits per heavy atom. The monoisotopic (exact) mass is 392 g/mol. The predicted octanol–water partition coefficient (Wildman–Crippen LogP) is 2.13. The maximum atomic E-state index is 5.99. The van der Waals surface area contributed by atoms with Gasteiger partial charge in [-0.2, -0.15) is 0 Å². The predicted molar refractivity (Wildman–Crippen MR) is 114 cm³/mol. The normalized spacial score (nSPS) is 18.7. The van der Waals surface area contributed by atoms with Crippen LogP contribution in [0.1, 0.15) is 26.7 Å². The summed E-state index contributed by atoms with van der Waals surface area (Å²) < 4.78 is 16.6. The molecule has 1 aromatic rings. The maximum absolute atomic E-state index is 5.99. The summed E-state index contributed by atoms with van der Waals surface area (Å²) in [4.78, 5) is 7.19. The molecule has 7 heteroatoms. The first-order chi connectivity index (χ1) is 13.7. The van der Waals surface area contributed by atoms with E-state index in [0.29, 0.717) is 12.6 Å². The number of guanidine groups is 1. The molecule has 1 aliphatic rings. The smallest absolute Gasteiger partial charge is 0.191 e. The van der Waals surface area contributed by atoms with Crippen molar-refractivity contribution in [3.8, 4) is 11.5 Å². The molecule has 1 aliphatic heterocycles. The number of hydrogen-bond acceptors (Lipinski definition) is 5. The molecule has 1 fully saturated rings. The van der Waals surface area contributed by atoms with Crippen molar-refractivity contribution < 1.29 is 14.2 Å². The van der Waals surface area contributed by atoms with E-state index in [1.165, 1.54) is 12.8 Å². The zero-order valence-corrected chi connectivity index (χ0v) is 17.7. The van der Waals surface area contributed by atoms with Crippen LogP contribution in [-0.4, -0.2) is 76.6 Å². The molecule has 0 amide bonds. The van der Waals surface area contributed by atoms with Crippen molar-refractivity contribution in [2.24, 2.45) is 4.99 Å². The summed E-state index contributed by atoms with van der Waals surface area (Å²) in [5.41, 5.74) is 0. The lowest BCUT2D eigenvalue weighted by molar-refractivity contribution is 0.141. The van der Waals surface area contributed by atoms with Crippen LogP contribution in [0.15, 0.2) is 29.3 Å². The SMILES string of the molecule is CCNC(=NCC(C)Oc1ccccc1OC)NCC1CCCN1CCOC. The van der Waals surface area contributed by atoms with Gasteiger partial charge in [0.1, 0.15) is 6.10 Å². The second-order valence-corrected chi connectivity index (χ2v) is 7.00. The summed E-state index contributed by atoms with van der Waals surface area (Å²) in [7, 11) is 3.41. The lowest BCUT2D eigenvalue weighted by atomic mass is 10.2. The highest BCUT2D eigenvalue weighted by molar-refractivity contribution is 5.79. The molecular weight excluding hydrogens is 356 g/mol. The number of ether oxygens (including phenoxy) is 3. The van der Waals surface area contributed by atoms with Gasteiger partial charge < -0.3 is 24.8 Å². The number of rotatable bonds is 11. The molecule has 7 nitrogen and oxygen atoms in total. The van der Waals surface area contributed by atoms with Gasteiger partial charge in [0.2, 0.25) is 0 Å². The van der Waals surface area contributed by atoms with E-state index in [9.17, 15) is 0 Å². The molecular formula is C21H36N4O3. The third-order valence-electron chi connectivity index (χ3n) is 4.83. The minimum atomic E-state index is -0.0589. The van der Waals surface area contributed by atoms with Crippen molar-refractivity contribution in [3.05, 3.63) is 24.3 Å². The molecule has 0 aromatic heterocycles. The van der Waals surface area contributed by atoms with Crippen molar-refractivity contribution in [2.75, 3.05) is 53.6 Å². The summed E-state index contributed by atoms with van der Waals surface area (Å²) in [6.45, 7) is 9.28. The first kappa shape index (κ1) is 22.3. The molecule has 0 bridgehead atoms. The molecule has 1 heterocycles. The van der Waals surface area contributed by atoms with Crippen molar-refractivity contribution >= 4 is 5.96 Å². The van der Waals surface area contributed by atoms with Gasteiger partial charge in [-0.3, -0.25) is 4.90 Å². The Labute approximate surface area is 169 Å². The number of likely N-dealkylation sites (tertiary alicyclic amines) is 1. The van der Waals surface area contributed by atoms with Gasteiger partial charge in [0, 0.05) is 32.8 Å². The molecule has 2 unspecified atom stereocenters. The topological polar surface area (TPSA) is 67.4 Å². The van der Waals surface area contributed by atoms with Crippen LogP contribution in [0.4, 0.5) is 0 Å². The number of para-hydroxylation sites is 2. The lowest BCUT2D eigenvalue weighted by Gasteiger charge is -2.25. The van der Waals surface area contributed by atoms with Gasteiger partial charge in [-0.05, 0) is 45.4 Å². The average molecular weight is 393 g/mol. The summed E-state index contributed by atoms with van der Waals surface area (Å²) in [5.74, 6) is 2.31. The van der Waals surface area contributed by atoms with E-state index >= 15 is 0 Å². The molecule has 0 aliphatic carbocycles. The van der Waals surface area contributed by atoms with Crippen LogP contribution in [0.2, 0.25) is 0 Å². The Balaban J connectivity index is 1.85. The van der Waals surface area contributed by atoms with E-state index in [1.807, 2.05) is 31.2 Å². The zero-order chi connectivity index (χ0) is 20.2. The maximum Gasteiger partial charge on any atom is 0.191 e. The largest absolute Gasteiger partial charge is 0.493 e.